The molecular weight excluding hydrogens is 266 g/mol. The number of carboxylic acid groups (broad SMARTS) is 1. The molecule has 2 aromatic rings. The highest BCUT2D eigenvalue weighted by Crippen LogP contribution is 2.21. The number of hydrogen-bond donors (Lipinski definition) is 1. The van der Waals surface area contributed by atoms with Gasteiger partial charge in [0.25, 0.3) is 0 Å². The first-order valence-corrected chi connectivity index (χ1v) is 6.57. The molecule has 0 aliphatic heterocycles. The van der Waals surface area contributed by atoms with Crippen LogP contribution in [0.2, 0.25) is 5.02 Å². The normalized spacial score (nSPS) is 11.4. The Morgan fingerprint density at radius 3 is 2.74 bits per heavy atom. The molecule has 0 amide bonds. The van der Waals surface area contributed by atoms with E-state index in [4.69, 9.17) is 11.6 Å². The van der Waals surface area contributed by atoms with Crippen molar-refractivity contribution < 1.29 is 9.90 Å². The first-order chi connectivity index (χ1) is 9.08. The van der Waals surface area contributed by atoms with Gasteiger partial charge >= 0.3 is 5.97 Å². The summed E-state index contributed by atoms with van der Waals surface area (Å²) in [5, 5.41) is 9.73. The predicted octanol–water partition coefficient (Wildman–Crippen LogP) is 2.53. The van der Waals surface area contributed by atoms with Crippen LogP contribution >= 0.6 is 11.6 Å². The summed E-state index contributed by atoms with van der Waals surface area (Å²) in [5.74, 6) is -1.03. The van der Waals surface area contributed by atoms with Crippen molar-refractivity contribution in [1.29, 1.82) is 0 Å². The molecule has 6 heteroatoms. The van der Waals surface area contributed by atoms with Crippen molar-refractivity contribution in [3.63, 3.8) is 0 Å². The molecule has 0 aliphatic rings. The summed E-state index contributed by atoms with van der Waals surface area (Å²) >= 11 is 6.06. The van der Waals surface area contributed by atoms with Crippen LogP contribution in [0.4, 0.5) is 0 Å². The van der Waals surface area contributed by atoms with E-state index in [-0.39, 0.29) is 5.69 Å². The van der Waals surface area contributed by atoms with Gasteiger partial charge in [0.15, 0.2) is 11.3 Å². The molecule has 0 unspecified atom stereocenters. The Morgan fingerprint density at radius 2 is 2.16 bits per heavy atom. The Bertz CT molecular complexity index is 605. The molecule has 0 radical (unpaired) electrons. The average Bonchev–Trinajstić information content (AvgIpc) is 2.76. The van der Waals surface area contributed by atoms with Gasteiger partial charge in [-0.15, -0.1) is 0 Å². The lowest BCUT2D eigenvalue weighted by Crippen LogP contribution is -2.24. The Kier molecular flexibility index (Phi) is 4.07. The lowest BCUT2D eigenvalue weighted by Gasteiger charge is -2.18. The second kappa shape index (κ2) is 5.59. The Morgan fingerprint density at radius 1 is 1.47 bits per heavy atom. The summed E-state index contributed by atoms with van der Waals surface area (Å²) in [5.41, 5.74) is 1.22. The molecule has 0 spiro atoms. The van der Waals surface area contributed by atoms with Crippen molar-refractivity contribution in [1.82, 2.24) is 14.3 Å². The van der Waals surface area contributed by atoms with Crippen LogP contribution in [0.25, 0.3) is 5.65 Å². The first kappa shape index (κ1) is 13.8. The van der Waals surface area contributed by atoms with Crippen LogP contribution in [0.15, 0.2) is 18.3 Å². The number of carboxylic acids is 1. The van der Waals surface area contributed by atoms with E-state index in [9.17, 15) is 9.90 Å². The van der Waals surface area contributed by atoms with Crippen LogP contribution in [0.3, 0.4) is 0 Å². The van der Waals surface area contributed by atoms with Gasteiger partial charge in [-0.05, 0) is 25.2 Å². The van der Waals surface area contributed by atoms with Crippen LogP contribution in [-0.2, 0) is 6.54 Å². The summed E-state index contributed by atoms with van der Waals surface area (Å²) in [7, 11) is 0. The maximum Gasteiger partial charge on any atom is 0.356 e. The largest absolute Gasteiger partial charge is 0.476 e. The van der Waals surface area contributed by atoms with Gasteiger partial charge in [-0.3, -0.25) is 4.90 Å². The molecule has 2 heterocycles. The third kappa shape index (κ3) is 2.57. The smallest absolute Gasteiger partial charge is 0.356 e. The van der Waals surface area contributed by atoms with Crippen LogP contribution in [0.5, 0.6) is 0 Å². The van der Waals surface area contributed by atoms with Crippen LogP contribution in [0.1, 0.15) is 30.0 Å². The minimum atomic E-state index is -1.03. The lowest BCUT2D eigenvalue weighted by atomic mass is 10.3. The molecule has 2 aromatic heterocycles. The molecular formula is C13H16ClN3O2. The molecule has 0 saturated heterocycles. The van der Waals surface area contributed by atoms with E-state index in [0.29, 0.717) is 22.9 Å². The number of aromatic nitrogens is 2. The second-order valence-corrected chi connectivity index (χ2v) is 4.63. The van der Waals surface area contributed by atoms with Crippen molar-refractivity contribution in [2.24, 2.45) is 0 Å². The monoisotopic (exact) mass is 281 g/mol. The van der Waals surface area contributed by atoms with Gasteiger partial charge in [0.05, 0.1) is 10.7 Å². The molecule has 2 rings (SSSR count). The van der Waals surface area contributed by atoms with Crippen LogP contribution in [0, 0.1) is 0 Å². The van der Waals surface area contributed by atoms with Gasteiger partial charge in [-0.1, -0.05) is 25.4 Å². The van der Waals surface area contributed by atoms with Gasteiger partial charge < -0.3 is 9.51 Å². The van der Waals surface area contributed by atoms with E-state index in [1.165, 1.54) is 0 Å². The van der Waals surface area contributed by atoms with Crippen molar-refractivity contribution in [3.8, 4) is 0 Å². The van der Waals surface area contributed by atoms with E-state index in [1.54, 1.807) is 22.7 Å². The summed E-state index contributed by atoms with van der Waals surface area (Å²) < 4.78 is 1.75. The molecule has 19 heavy (non-hydrogen) atoms. The van der Waals surface area contributed by atoms with Crippen LogP contribution < -0.4 is 0 Å². The summed E-state index contributed by atoms with van der Waals surface area (Å²) in [6.07, 6.45) is 1.79. The van der Waals surface area contributed by atoms with E-state index >= 15 is 0 Å². The number of fused-ring (bicyclic) bond motifs is 1. The SMILES string of the molecule is CCN(CC)Cc1c(C(=O)O)nc2c(Cl)cccn12. The topological polar surface area (TPSA) is 57.8 Å². The van der Waals surface area contributed by atoms with Gasteiger partial charge in [0, 0.05) is 12.7 Å². The standard InChI is InChI=1S/C13H16ClN3O2/c1-3-16(4-2)8-10-11(13(18)19)15-12-9(14)6-5-7-17(10)12/h5-7H,3-4,8H2,1-2H3,(H,18,19). The summed E-state index contributed by atoms with van der Waals surface area (Å²) in [4.78, 5) is 17.6. The summed E-state index contributed by atoms with van der Waals surface area (Å²) in [6.45, 7) is 6.32. The Balaban J connectivity index is 2.58. The molecule has 0 bridgehead atoms. The number of aromatic carboxylic acids is 1. The van der Waals surface area contributed by atoms with E-state index in [2.05, 4.69) is 9.88 Å². The highest BCUT2D eigenvalue weighted by atomic mass is 35.5. The predicted molar refractivity (Wildman–Crippen MR) is 73.8 cm³/mol. The minimum absolute atomic E-state index is 0.0694. The van der Waals surface area contributed by atoms with Crippen molar-refractivity contribution in [2.75, 3.05) is 13.1 Å². The fourth-order valence-corrected chi connectivity index (χ4v) is 2.27. The number of nitrogens with zero attached hydrogens (tertiary/aromatic N) is 3. The van der Waals surface area contributed by atoms with Crippen molar-refractivity contribution in [2.45, 2.75) is 20.4 Å². The molecule has 0 aliphatic carbocycles. The zero-order chi connectivity index (χ0) is 14.0. The first-order valence-electron chi connectivity index (χ1n) is 6.19. The highest BCUT2D eigenvalue weighted by molar-refractivity contribution is 6.33. The zero-order valence-electron chi connectivity index (χ0n) is 10.9. The van der Waals surface area contributed by atoms with E-state index in [0.717, 1.165) is 13.1 Å². The highest BCUT2D eigenvalue weighted by Gasteiger charge is 2.20. The van der Waals surface area contributed by atoms with E-state index < -0.39 is 5.97 Å². The number of halogens is 1. The maximum atomic E-state index is 11.3. The molecule has 0 atom stereocenters. The van der Waals surface area contributed by atoms with Crippen LogP contribution in [-0.4, -0.2) is 38.4 Å². The van der Waals surface area contributed by atoms with Gasteiger partial charge in [0.1, 0.15) is 0 Å². The Hall–Kier alpha value is -1.59. The Labute approximate surface area is 116 Å². The molecule has 5 nitrogen and oxygen atoms in total. The van der Waals surface area contributed by atoms with Gasteiger partial charge in [0.2, 0.25) is 0 Å². The lowest BCUT2D eigenvalue weighted by molar-refractivity contribution is 0.0688. The van der Waals surface area contributed by atoms with Crippen molar-refractivity contribution >= 4 is 23.2 Å². The number of imidazole rings is 1. The van der Waals surface area contributed by atoms with E-state index in [1.807, 2.05) is 13.8 Å². The molecule has 0 fully saturated rings. The zero-order valence-corrected chi connectivity index (χ0v) is 11.7. The van der Waals surface area contributed by atoms with Gasteiger partial charge in [-0.25, -0.2) is 9.78 Å². The molecule has 0 aromatic carbocycles. The molecule has 0 saturated carbocycles. The molecule has 102 valence electrons. The van der Waals surface area contributed by atoms with Crippen molar-refractivity contribution in [3.05, 3.63) is 34.7 Å². The fourth-order valence-electron chi connectivity index (χ4n) is 2.06. The maximum absolute atomic E-state index is 11.3. The fraction of sp³-hybridized carbons (Fsp3) is 0.385. The molecule has 1 N–H and O–H groups in total. The third-order valence-corrected chi connectivity index (χ3v) is 3.47. The number of pyridine rings is 1. The third-order valence-electron chi connectivity index (χ3n) is 3.17. The number of hydrogen-bond acceptors (Lipinski definition) is 3. The van der Waals surface area contributed by atoms with Gasteiger partial charge in [-0.2, -0.15) is 0 Å². The number of carbonyl (C=O) groups is 1. The summed E-state index contributed by atoms with van der Waals surface area (Å²) in [6, 6.07) is 3.49. The minimum Gasteiger partial charge on any atom is -0.476 e. The quantitative estimate of drug-likeness (QED) is 0.915. The number of rotatable bonds is 5. The second-order valence-electron chi connectivity index (χ2n) is 4.22. The average molecular weight is 282 g/mol.